The zero-order valence-electron chi connectivity index (χ0n) is 12.6. The highest BCUT2D eigenvalue weighted by Crippen LogP contribution is 2.34. The van der Waals surface area contributed by atoms with Gasteiger partial charge in [0.2, 0.25) is 0 Å². The van der Waals surface area contributed by atoms with Crippen LogP contribution < -0.4 is 4.74 Å². The van der Waals surface area contributed by atoms with Crippen LogP contribution in [-0.4, -0.2) is 12.2 Å². The lowest BCUT2D eigenvalue weighted by Gasteiger charge is -2.22. The summed E-state index contributed by atoms with van der Waals surface area (Å²) in [5, 5.41) is 10.5. The van der Waals surface area contributed by atoms with Gasteiger partial charge in [0.25, 0.3) is 0 Å². The van der Waals surface area contributed by atoms with Gasteiger partial charge in [-0.25, -0.2) is 0 Å². The molecule has 0 fully saturated rings. The van der Waals surface area contributed by atoms with Crippen LogP contribution in [0.4, 0.5) is 0 Å². The van der Waals surface area contributed by atoms with E-state index in [0.717, 1.165) is 22.4 Å². The molecule has 0 aliphatic heterocycles. The first-order chi connectivity index (χ1) is 9.43. The number of para-hydroxylation sites is 2. The Morgan fingerprint density at radius 2 is 1.60 bits per heavy atom. The minimum atomic E-state index is -0.0686. The van der Waals surface area contributed by atoms with Crippen LogP contribution in [0.25, 0.3) is 0 Å². The molecule has 0 aliphatic carbocycles. The minimum absolute atomic E-state index is 0.0686. The highest BCUT2D eigenvalue weighted by molar-refractivity contribution is 5.47. The van der Waals surface area contributed by atoms with Crippen LogP contribution in [0.5, 0.6) is 11.5 Å². The zero-order chi connectivity index (χ0) is 14.8. The second-order valence-electron chi connectivity index (χ2n) is 6.05. The number of phenols is 1. The van der Waals surface area contributed by atoms with Gasteiger partial charge >= 0.3 is 0 Å². The number of ether oxygens (including phenoxy) is 1. The molecule has 2 nitrogen and oxygen atoms in total. The Morgan fingerprint density at radius 1 is 0.950 bits per heavy atom. The molecule has 106 valence electrons. The third kappa shape index (κ3) is 2.96. The van der Waals surface area contributed by atoms with E-state index in [9.17, 15) is 5.11 Å². The molecule has 0 saturated carbocycles. The van der Waals surface area contributed by atoms with E-state index < -0.39 is 0 Å². The number of hydrogen-bond acceptors (Lipinski definition) is 2. The van der Waals surface area contributed by atoms with Crippen molar-refractivity contribution in [2.75, 3.05) is 7.11 Å². The van der Waals surface area contributed by atoms with Gasteiger partial charge in [0.15, 0.2) is 0 Å². The molecule has 2 rings (SSSR count). The summed E-state index contributed by atoms with van der Waals surface area (Å²) in [6.45, 7) is 6.32. The summed E-state index contributed by atoms with van der Waals surface area (Å²) < 4.78 is 5.37. The molecule has 0 aromatic heterocycles. The van der Waals surface area contributed by atoms with Gasteiger partial charge in [-0.2, -0.15) is 0 Å². The van der Waals surface area contributed by atoms with Crippen molar-refractivity contribution >= 4 is 0 Å². The fraction of sp³-hybridized carbons (Fsp3) is 0.333. The smallest absolute Gasteiger partial charge is 0.122 e. The number of hydrogen-bond donors (Lipinski definition) is 1. The number of benzene rings is 2. The molecule has 0 aliphatic rings. The van der Waals surface area contributed by atoms with E-state index in [1.807, 2.05) is 42.5 Å². The molecule has 2 heteroatoms. The van der Waals surface area contributed by atoms with Crippen LogP contribution in [0, 0.1) is 0 Å². The summed E-state index contributed by atoms with van der Waals surface area (Å²) in [5.41, 5.74) is 2.92. The topological polar surface area (TPSA) is 29.5 Å². The van der Waals surface area contributed by atoms with Gasteiger partial charge < -0.3 is 9.84 Å². The molecule has 2 aromatic rings. The second kappa shape index (κ2) is 5.58. The van der Waals surface area contributed by atoms with Crippen molar-refractivity contribution in [2.45, 2.75) is 32.6 Å². The second-order valence-corrected chi connectivity index (χ2v) is 6.05. The Morgan fingerprint density at radius 3 is 2.25 bits per heavy atom. The van der Waals surface area contributed by atoms with Crippen molar-refractivity contribution in [1.29, 1.82) is 0 Å². The molecule has 0 atom stereocenters. The summed E-state index contributed by atoms with van der Waals surface area (Å²) in [4.78, 5) is 0. The summed E-state index contributed by atoms with van der Waals surface area (Å²) in [5.74, 6) is 1.25. The molecule has 0 heterocycles. The van der Waals surface area contributed by atoms with Crippen molar-refractivity contribution < 1.29 is 9.84 Å². The first-order valence-electron chi connectivity index (χ1n) is 6.86. The molecule has 0 saturated heterocycles. The Hall–Kier alpha value is -1.96. The zero-order valence-corrected chi connectivity index (χ0v) is 12.6. The van der Waals surface area contributed by atoms with Gasteiger partial charge in [-0.05, 0) is 28.2 Å². The number of methoxy groups -OCH3 is 1. The van der Waals surface area contributed by atoms with Crippen molar-refractivity contribution in [1.82, 2.24) is 0 Å². The Bertz CT molecular complexity index is 595. The molecule has 0 spiro atoms. The molecule has 0 amide bonds. The average Bonchev–Trinajstić information content (AvgIpc) is 2.40. The van der Waals surface area contributed by atoms with E-state index >= 15 is 0 Å². The van der Waals surface area contributed by atoms with Gasteiger partial charge in [0.1, 0.15) is 11.5 Å². The first kappa shape index (κ1) is 14.4. The van der Waals surface area contributed by atoms with Crippen molar-refractivity contribution in [3.8, 4) is 11.5 Å². The average molecular weight is 270 g/mol. The van der Waals surface area contributed by atoms with Crippen LogP contribution in [0.15, 0.2) is 42.5 Å². The summed E-state index contributed by atoms with van der Waals surface area (Å²) >= 11 is 0. The SMILES string of the molecule is COc1ccccc1Cc1cccc(C(C)(C)C)c1O. The van der Waals surface area contributed by atoms with E-state index in [1.165, 1.54) is 0 Å². The van der Waals surface area contributed by atoms with Gasteiger partial charge in [0, 0.05) is 6.42 Å². The third-order valence-corrected chi connectivity index (χ3v) is 3.50. The predicted octanol–water partition coefficient (Wildman–Crippen LogP) is 4.29. The molecule has 0 radical (unpaired) electrons. The molecule has 20 heavy (non-hydrogen) atoms. The molecule has 1 N–H and O–H groups in total. The predicted molar refractivity (Wildman–Crippen MR) is 82.6 cm³/mol. The van der Waals surface area contributed by atoms with Crippen molar-refractivity contribution in [2.24, 2.45) is 0 Å². The van der Waals surface area contributed by atoms with Crippen LogP contribution in [0.2, 0.25) is 0 Å². The van der Waals surface area contributed by atoms with Crippen LogP contribution in [0.3, 0.4) is 0 Å². The maximum Gasteiger partial charge on any atom is 0.122 e. The number of phenolic OH excluding ortho intramolecular Hbond substituents is 1. The van der Waals surface area contributed by atoms with Crippen molar-refractivity contribution in [3.05, 3.63) is 59.2 Å². The normalized spacial score (nSPS) is 11.4. The Labute approximate surface area is 121 Å². The van der Waals surface area contributed by atoms with Gasteiger partial charge in [0.05, 0.1) is 7.11 Å². The minimum Gasteiger partial charge on any atom is -0.507 e. The van der Waals surface area contributed by atoms with Gasteiger partial charge in [-0.3, -0.25) is 0 Å². The molecule has 0 unspecified atom stereocenters. The number of aromatic hydroxyl groups is 1. The first-order valence-corrected chi connectivity index (χ1v) is 6.86. The molecule has 0 bridgehead atoms. The fourth-order valence-electron chi connectivity index (χ4n) is 2.39. The molecular weight excluding hydrogens is 248 g/mol. The van der Waals surface area contributed by atoms with Crippen molar-refractivity contribution in [3.63, 3.8) is 0 Å². The lowest BCUT2D eigenvalue weighted by Crippen LogP contribution is -2.12. The highest BCUT2D eigenvalue weighted by Gasteiger charge is 2.20. The van der Waals surface area contributed by atoms with E-state index in [0.29, 0.717) is 12.2 Å². The van der Waals surface area contributed by atoms with E-state index in [4.69, 9.17) is 4.74 Å². The maximum atomic E-state index is 10.5. The lowest BCUT2D eigenvalue weighted by atomic mass is 9.84. The molecular formula is C18H22O2. The van der Waals surface area contributed by atoms with Crippen LogP contribution >= 0.6 is 0 Å². The van der Waals surface area contributed by atoms with Crippen LogP contribution in [0.1, 0.15) is 37.5 Å². The van der Waals surface area contributed by atoms with E-state index in [1.54, 1.807) is 7.11 Å². The van der Waals surface area contributed by atoms with Gasteiger partial charge in [-0.15, -0.1) is 0 Å². The molecule has 2 aromatic carbocycles. The van der Waals surface area contributed by atoms with Crippen LogP contribution in [-0.2, 0) is 11.8 Å². The van der Waals surface area contributed by atoms with E-state index in [2.05, 4.69) is 20.8 Å². The highest BCUT2D eigenvalue weighted by atomic mass is 16.5. The summed E-state index contributed by atoms with van der Waals surface area (Å²) in [6, 6.07) is 13.9. The number of rotatable bonds is 3. The summed E-state index contributed by atoms with van der Waals surface area (Å²) in [7, 11) is 1.67. The standard InChI is InChI=1S/C18H22O2/c1-18(2,3)15-10-7-9-14(17(15)19)12-13-8-5-6-11-16(13)20-4/h5-11,19H,12H2,1-4H3. The fourth-order valence-corrected chi connectivity index (χ4v) is 2.39. The largest absolute Gasteiger partial charge is 0.507 e. The summed E-state index contributed by atoms with van der Waals surface area (Å²) in [6.07, 6.45) is 0.666. The Kier molecular flexibility index (Phi) is 4.03. The third-order valence-electron chi connectivity index (χ3n) is 3.50. The quantitative estimate of drug-likeness (QED) is 0.901. The maximum absolute atomic E-state index is 10.5. The van der Waals surface area contributed by atoms with Gasteiger partial charge in [-0.1, -0.05) is 57.2 Å². The lowest BCUT2D eigenvalue weighted by molar-refractivity contribution is 0.409. The monoisotopic (exact) mass is 270 g/mol. The Balaban J connectivity index is 2.40. The van der Waals surface area contributed by atoms with E-state index in [-0.39, 0.29) is 5.41 Å².